The highest BCUT2D eigenvalue weighted by atomic mass is 35.5. The molecule has 0 bridgehead atoms. The molecule has 48 heavy (non-hydrogen) atoms. The predicted molar refractivity (Wildman–Crippen MR) is 179 cm³/mol. The highest BCUT2D eigenvalue weighted by Crippen LogP contribution is 2.47. The fourth-order valence-electron chi connectivity index (χ4n) is 9.07. The van der Waals surface area contributed by atoms with E-state index in [-0.39, 0.29) is 16.9 Å². The van der Waals surface area contributed by atoms with E-state index < -0.39 is 6.17 Å². The Kier molecular flexibility index (Phi) is 7.91. The number of hydrogen-bond donors (Lipinski definition) is 2. The number of likely N-dealkylation sites (N-methyl/N-ethyl adjacent to an activating group) is 1. The van der Waals surface area contributed by atoms with Gasteiger partial charge in [0.25, 0.3) is 0 Å². The number of benzene rings is 1. The van der Waals surface area contributed by atoms with E-state index >= 15 is 0 Å². The Balaban J connectivity index is 1.18. The van der Waals surface area contributed by atoms with Gasteiger partial charge in [-0.2, -0.15) is 20.6 Å². The number of aryl methyl sites for hydroxylation is 2. The Hall–Kier alpha value is -3.68. The summed E-state index contributed by atoms with van der Waals surface area (Å²) >= 11 is 6.91. The van der Waals surface area contributed by atoms with Gasteiger partial charge >= 0.3 is 6.01 Å². The van der Waals surface area contributed by atoms with Crippen LogP contribution in [0.15, 0.2) is 29.5 Å². The van der Waals surface area contributed by atoms with Gasteiger partial charge in [0.15, 0.2) is 5.84 Å². The molecule has 4 aliphatic heterocycles. The molecule has 0 saturated carbocycles. The Morgan fingerprint density at radius 2 is 2.00 bits per heavy atom. The minimum absolute atomic E-state index is 0.0281. The Morgan fingerprint density at radius 3 is 2.85 bits per heavy atom. The van der Waals surface area contributed by atoms with Gasteiger partial charge in [-0.25, -0.2) is 9.40 Å². The van der Waals surface area contributed by atoms with Crippen LogP contribution in [0.2, 0.25) is 5.02 Å². The zero-order valence-corrected chi connectivity index (χ0v) is 28.4. The summed E-state index contributed by atoms with van der Waals surface area (Å²) in [5, 5.41) is 18.0. The summed E-state index contributed by atoms with van der Waals surface area (Å²) in [6.45, 7) is 4.26. The summed E-state index contributed by atoms with van der Waals surface area (Å²) in [6, 6.07) is 9.19. The number of alkyl halides is 1. The van der Waals surface area contributed by atoms with Crippen LogP contribution in [0.5, 0.6) is 6.01 Å². The molecule has 2 fully saturated rings. The van der Waals surface area contributed by atoms with E-state index in [9.17, 15) is 4.39 Å². The minimum atomic E-state index is -0.830. The Labute approximate surface area is 285 Å². The number of ether oxygens (including phenoxy) is 1. The predicted octanol–water partition coefficient (Wildman–Crippen LogP) is 5.11. The van der Waals surface area contributed by atoms with E-state index in [0.29, 0.717) is 55.9 Å². The molecule has 2 N–H and O–H groups in total. The molecule has 1 spiro atoms. The van der Waals surface area contributed by atoms with Crippen molar-refractivity contribution in [3.05, 3.63) is 63.1 Å². The Morgan fingerprint density at radius 1 is 1.15 bits per heavy atom. The van der Waals surface area contributed by atoms with Crippen molar-refractivity contribution in [2.45, 2.75) is 88.3 Å². The molecule has 2 aromatic heterocycles. The van der Waals surface area contributed by atoms with Crippen LogP contribution in [0.1, 0.15) is 72.3 Å². The maximum Gasteiger partial charge on any atom is 0.318 e. The van der Waals surface area contributed by atoms with Crippen LogP contribution in [0.4, 0.5) is 10.2 Å². The van der Waals surface area contributed by atoms with Crippen molar-refractivity contribution >= 4 is 23.3 Å². The number of aromatic nitrogens is 4. The van der Waals surface area contributed by atoms with Crippen molar-refractivity contribution in [1.82, 2.24) is 34.6 Å². The minimum Gasteiger partial charge on any atom is -0.461 e. The second kappa shape index (κ2) is 12.0. The third kappa shape index (κ3) is 5.08. The summed E-state index contributed by atoms with van der Waals surface area (Å²) in [6.07, 6.45) is 6.44. The number of anilines is 1. The molecule has 5 aliphatic rings. The molecular weight excluding hydrogens is 633 g/mol. The van der Waals surface area contributed by atoms with Crippen LogP contribution in [0.3, 0.4) is 0 Å². The molecule has 1 aromatic carbocycles. The van der Waals surface area contributed by atoms with Crippen LogP contribution in [-0.2, 0) is 38.0 Å². The number of rotatable bonds is 6. The van der Waals surface area contributed by atoms with Crippen molar-refractivity contribution in [1.29, 1.82) is 10.9 Å². The molecule has 12 nitrogen and oxygen atoms in total. The smallest absolute Gasteiger partial charge is 0.318 e. The van der Waals surface area contributed by atoms with E-state index in [2.05, 4.69) is 56.3 Å². The Bertz CT molecular complexity index is 1770. The average Bonchev–Trinajstić information content (AvgIpc) is 3.66. The molecule has 3 aromatic rings. The molecule has 2 saturated heterocycles. The summed E-state index contributed by atoms with van der Waals surface area (Å²) < 4.78 is 23.0. The third-order valence-electron chi connectivity index (χ3n) is 11.6. The zero-order chi connectivity index (χ0) is 33.2. The first-order valence-corrected chi connectivity index (χ1v) is 17.5. The quantitative estimate of drug-likeness (QED) is 0.160. The molecule has 0 unspecified atom stereocenters. The monoisotopic (exact) mass is 675 g/mol. The lowest BCUT2D eigenvalue weighted by Crippen LogP contribution is -2.51. The maximum absolute atomic E-state index is 14.6. The summed E-state index contributed by atoms with van der Waals surface area (Å²) in [7, 11) is 3.76. The lowest BCUT2D eigenvalue weighted by molar-refractivity contribution is 0.0714. The molecular formula is C34H43ClFN11O. The van der Waals surface area contributed by atoms with Crippen LogP contribution in [0.25, 0.3) is 0 Å². The average molecular weight is 676 g/mol. The van der Waals surface area contributed by atoms with E-state index in [0.717, 1.165) is 85.8 Å². The second-order valence-corrected chi connectivity index (χ2v) is 14.7. The summed E-state index contributed by atoms with van der Waals surface area (Å²) in [4.78, 5) is 17.3. The van der Waals surface area contributed by atoms with Gasteiger partial charge in [-0.1, -0.05) is 41.1 Å². The number of nitrogens with zero attached hydrogens (tertiary/aromatic N) is 9. The highest BCUT2D eigenvalue weighted by molar-refractivity contribution is 6.34. The number of hydrogen-bond acceptors (Lipinski definition) is 10. The highest BCUT2D eigenvalue weighted by Gasteiger charge is 2.50. The number of nitrogens with one attached hydrogen (secondary N) is 2. The number of halogens is 2. The first-order valence-electron chi connectivity index (χ1n) is 17.1. The van der Waals surface area contributed by atoms with E-state index in [1.807, 2.05) is 4.68 Å². The topological polar surface area (TPSA) is 126 Å². The molecule has 0 amide bonds. The maximum atomic E-state index is 14.6. The second-order valence-electron chi connectivity index (χ2n) is 14.3. The van der Waals surface area contributed by atoms with Crippen LogP contribution >= 0.6 is 11.6 Å². The van der Waals surface area contributed by atoms with Gasteiger partial charge < -0.3 is 9.64 Å². The van der Waals surface area contributed by atoms with Crippen LogP contribution < -0.4 is 9.64 Å². The molecule has 14 heteroatoms. The molecule has 6 heterocycles. The molecule has 3 atom stereocenters. The van der Waals surface area contributed by atoms with E-state index in [1.165, 1.54) is 18.2 Å². The molecule has 254 valence electrons. The van der Waals surface area contributed by atoms with Gasteiger partial charge in [-0.3, -0.25) is 19.9 Å². The van der Waals surface area contributed by atoms with Crippen molar-refractivity contribution in [3.8, 4) is 6.01 Å². The first-order chi connectivity index (χ1) is 23.2. The van der Waals surface area contributed by atoms with Gasteiger partial charge in [0, 0.05) is 51.6 Å². The zero-order valence-electron chi connectivity index (χ0n) is 27.7. The summed E-state index contributed by atoms with van der Waals surface area (Å²) in [5.41, 5.74) is 12.9. The van der Waals surface area contributed by atoms with Crippen molar-refractivity contribution in [2.75, 3.05) is 45.2 Å². The number of fused-ring (bicyclic) bond motifs is 5. The lowest BCUT2D eigenvalue weighted by atomic mass is 9.71. The molecule has 0 radical (unpaired) electrons. The number of amidine groups is 1. The van der Waals surface area contributed by atoms with Crippen LogP contribution in [0, 0.1) is 10.9 Å². The molecule has 8 rings (SSSR count). The van der Waals surface area contributed by atoms with E-state index in [1.54, 1.807) is 0 Å². The fraction of sp³-hybridized carbons (Fsp3) is 0.588. The standard InChI is InChI=1S/C34H43ClFN11O/c1-43-19-24-26(17-34(43)12-5-9-22-8-3-4-10-25(22)34)39-32(48-21-33-11-6-14-46(33)18-23(36)16-33)40-31(24)45-13-7-15-47-27(20-45)28(35)29(41-47)30(37)44(2)42-38/h3-4,8,10,23,37-38H,5-7,9,11-21H2,1-2H3/t23-,33+,34+/m1/s1. The third-order valence-corrected chi connectivity index (χ3v) is 11.9. The van der Waals surface area contributed by atoms with E-state index in [4.69, 9.17) is 37.2 Å². The lowest BCUT2D eigenvalue weighted by Gasteiger charge is -2.49. The normalized spacial score (nSPS) is 26.8. The van der Waals surface area contributed by atoms with Gasteiger partial charge in [0.1, 0.15) is 24.3 Å². The molecule has 1 aliphatic carbocycles. The van der Waals surface area contributed by atoms with Gasteiger partial charge in [-0.15, -0.1) is 0 Å². The van der Waals surface area contributed by atoms with Crippen LogP contribution in [-0.4, -0.2) is 92.4 Å². The van der Waals surface area contributed by atoms with Gasteiger partial charge in [0.2, 0.25) is 0 Å². The van der Waals surface area contributed by atoms with Crippen molar-refractivity contribution in [3.63, 3.8) is 0 Å². The van der Waals surface area contributed by atoms with Gasteiger partial charge in [-0.05, 0) is 63.2 Å². The first kappa shape index (κ1) is 31.6. The largest absolute Gasteiger partial charge is 0.461 e. The summed E-state index contributed by atoms with van der Waals surface area (Å²) in [5.74, 6) is 0.802. The van der Waals surface area contributed by atoms with Crippen molar-refractivity contribution in [2.24, 2.45) is 5.22 Å². The fourth-order valence-corrected chi connectivity index (χ4v) is 9.36. The SMILES string of the molecule is CN(N=N)C(=N)c1nn2c(c1Cl)CN(c1nc(OC[C@@]34CCCN3C[C@H](F)C4)nc3c1CN(C)[C@@]1(CCCc4ccccc41)C3)CCC2. The van der Waals surface area contributed by atoms with Gasteiger partial charge in [0.05, 0.1) is 34.0 Å². The van der Waals surface area contributed by atoms with Crippen molar-refractivity contribution < 1.29 is 9.13 Å².